The summed E-state index contributed by atoms with van der Waals surface area (Å²) < 4.78 is 0. The number of hydrogen-bond acceptors (Lipinski definition) is 2. The Hall–Kier alpha value is -1.88. The lowest BCUT2D eigenvalue weighted by Gasteiger charge is -2.10. The minimum Gasteiger partial charge on any atom is -0.294 e. The van der Waals surface area contributed by atoms with Crippen LogP contribution in [-0.2, 0) is 4.79 Å². The van der Waals surface area contributed by atoms with Gasteiger partial charge in [-0.3, -0.25) is 4.79 Å². The molecule has 0 spiro atoms. The Balaban J connectivity index is 3.18. The molecule has 0 saturated carbocycles. The van der Waals surface area contributed by atoms with Gasteiger partial charge in [-0.15, -0.1) is 0 Å². The number of benzene rings is 1. The standard InChI is InChI=1S/C18H23NO/c1-5-6-7-16(18(20)13(2)3)11-17-10-15(12-19)9-8-14(17)4/h8-11,13H,5-7H2,1-4H3/b16-11+. The molecule has 0 radical (unpaired) electrons. The van der Waals surface area contributed by atoms with Crippen molar-refractivity contribution in [2.75, 3.05) is 0 Å². The number of Topliss-reactive ketones (excluding diaryl/α,β-unsaturated/α-hetero) is 1. The van der Waals surface area contributed by atoms with Crippen LogP contribution in [0.4, 0.5) is 0 Å². The van der Waals surface area contributed by atoms with Crippen LogP contribution in [0.15, 0.2) is 23.8 Å². The number of hydrogen-bond donors (Lipinski definition) is 0. The Morgan fingerprint density at radius 2 is 2.10 bits per heavy atom. The van der Waals surface area contributed by atoms with Crippen LogP contribution in [0.2, 0.25) is 0 Å². The molecule has 1 rings (SSSR count). The average Bonchev–Trinajstić information content (AvgIpc) is 2.44. The van der Waals surface area contributed by atoms with E-state index in [2.05, 4.69) is 13.0 Å². The quantitative estimate of drug-likeness (QED) is 0.704. The minimum absolute atomic E-state index is 0.0116. The molecule has 0 fully saturated rings. The lowest BCUT2D eigenvalue weighted by atomic mass is 9.93. The number of nitrogens with zero attached hydrogens (tertiary/aromatic N) is 1. The second kappa shape index (κ2) is 7.65. The first-order chi connectivity index (χ1) is 9.49. The molecule has 0 amide bonds. The van der Waals surface area contributed by atoms with E-state index in [9.17, 15) is 4.79 Å². The van der Waals surface area contributed by atoms with Gasteiger partial charge in [0.15, 0.2) is 5.78 Å². The van der Waals surface area contributed by atoms with E-state index in [-0.39, 0.29) is 11.7 Å². The molecule has 20 heavy (non-hydrogen) atoms. The Morgan fingerprint density at radius 1 is 1.40 bits per heavy atom. The summed E-state index contributed by atoms with van der Waals surface area (Å²) in [5.74, 6) is 0.220. The van der Waals surface area contributed by atoms with Crippen LogP contribution in [0.1, 0.15) is 56.7 Å². The highest BCUT2D eigenvalue weighted by molar-refractivity contribution is 6.00. The van der Waals surface area contributed by atoms with Crippen LogP contribution >= 0.6 is 0 Å². The normalized spacial score (nSPS) is 11.5. The van der Waals surface area contributed by atoms with E-state index in [1.165, 1.54) is 0 Å². The maximum atomic E-state index is 12.3. The Labute approximate surface area is 122 Å². The van der Waals surface area contributed by atoms with Crippen LogP contribution in [-0.4, -0.2) is 5.78 Å². The number of carbonyl (C=O) groups excluding carboxylic acids is 1. The number of nitriles is 1. The highest BCUT2D eigenvalue weighted by atomic mass is 16.1. The molecule has 0 aromatic heterocycles. The number of rotatable bonds is 6. The zero-order valence-electron chi connectivity index (χ0n) is 12.9. The summed E-state index contributed by atoms with van der Waals surface area (Å²) in [6.45, 7) is 7.99. The number of aryl methyl sites for hydroxylation is 1. The van der Waals surface area contributed by atoms with E-state index < -0.39 is 0 Å². The number of unbranched alkanes of at least 4 members (excludes halogenated alkanes) is 1. The maximum Gasteiger partial charge on any atom is 0.161 e. The molecule has 0 saturated heterocycles. The van der Waals surface area contributed by atoms with Gasteiger partial charge in [-0.1, -0.05) is 33.3 Å². The van der Waals surface area contributed by atoms with Gasteiger partial charge in [0.1, 0.15) is 0 Å². The molecule has 0 aliphatic rings. The largest absolute Gasteiger partial charge is 0.294 e. The molecule has 106 valence electrons. The third-order valence-electron chi connectivity index (χ3n) is 3.38. The van der Waals surface area contributed by atoms with Gasteiger partial charge in [0.25, 0.3) is 0 Å². The highest BCUT2D eigenvalue weighted by Crippen LogP contribution is 2.20. The van der Waals surface area contributed by atoms with Crippen molar-refractivity contribution in [1.82, 2.24) is 0 Å². The summed E-state index contributed by atoms with van der Waals surface area (Å²) in [6.07, 6.45) is 4.86. The van der Waals surface area contributed by atoms with Crippen molar-refractivity contribution in [3.63, 3.8) is 0 Å². The predicted octanol–water partition coefficient (Wildman–Crippen LogP) is 4.67. The van der Waals surface area contributed by atoms with E-state index >= 15 is 0 Å². The van der Waals surface area contributed by atoms with Gasteiger partial charge in [0.05, 0.1) is 11.6 Å². The van der Waals surface area contributed by atoms with Crippen molar-refractivity contribution >= 4 is 11.9 Å². The lowest BCUT2D eigenvalue weighted by molar-refractivity contribution is -0.118. The highest BCUT2D eigenvalue weighted by Gasteiger charge is 2.13. The Kier molecular flexibility index (Phi) is 6.18. The Bertz CT molecular complexity index is 547. The molecular weight excluding hydrogens is 246 g/mol. The van der Waals surface area contributed by atoms with Gasteiger partial charge in [0.2, 0.25) is 0 Å². The van der Waals surface area contributed by atoms with Gasteiger partial charge in [-0.25, -0.2) is 0 Å². The molecule has 0 aliphatic carbocycles. The number of ketones is 1. The molecule has 0 N–H and O–H groups in total. The fourth-order valence-corrected chi connectivity index (χ4v) is 2.06. The summed E-state index contributed by atoms with van der Waals surface area (Å²) in [6, 6.07) is 7.75. The van der Waals surface area contributed by atoms with Crippen molar-refractivity contribution in [2.45, 2.75) is 47.0 Å². The smallest absolute Gasteiger partial charge is 0.161 e. The van der Waals surface area contributed by atoms with Crippen molar-refractivity contribution in [2.24, 2.45) is 5.92 Å². The van der Waals surface area contributed by atoms with E-state index in [0.29, 0.717) is 5.56 Å². The fourth-order valence-electron chi connectivity index (χ4n) is 2.06. The Morgan fingerprint density at radius 3 is 2.65 bits per heavy atom. The van der Waals surface area contributed by atoms with Gasteiger partial charge < -0.3 is 0 Å². The summed E-state index contributed by atoms with van der Waals surface area (Å²) in [7, 11) is 0. The molecule has 0 unspecified atom stereocenters. The lowest BCUT2D eigenvalue weighted by Crippen LogP contribution is -2.10. The summed E-state index contributed by atoms with van der Waals surface area (Å²) in [4.78, 5) is 12.3. The van der Waals surface area contributed by atoms with Crippen molar-refractivity contribution in [3.05, 3.63) is 40.5 Å². The summed E-state index contributed by atoms with van der Waals surface area (Å²) >= 11 is 0. The SMILES string of the molecule is CCCC/C(=C\c1cc(C#N)ccc1C)C(=O)C(C)C. The van der Waals surface area contributed by atoms with Crippen LogP contribution in [0.25, 0.3) is 6.08 Å². The van der Waals surface area contributed by atoms with Crippen LogP contribution < -0.4 is 0 Å². The van der Waals surface area contributed by atoms with Gasteiger partial charge in [-0.2, -0.15) is 5.26 Å². The van der Waals surface area contributed by atoms with Crippen molar-refractivity contribution in [1.29, 1.82) is 5.26 Å². The van der Waals surface area contributed by atoms with Crippen LogP contribution in [0.5, 0.6) is 0 Å². The average molecular weight is 269 g/mol. The van der Waals surface area contributed by atoms with Crippen molar-refractivity contribution < 1.29 is 4.79 Å². The van der Waals surface area contributed by atoms with Gasteiger partial charge >= 0.3 is 0 Å². The second-order valence-corrected chi connectivity index (χ2v) is 5.48. The van der Waals surface area contributed by atoms with Gasteiger partial charge in [-0.05, 0) is 54.7 Å². The second-order valence-electron chi connectivity index (χ2n) is 5.48. The zero-order chi connectivity index (χ0) is 15.1. The minimum atomic E-state index is 0.0116. The maximum absolute atomic E-state index is 12.3. The van der Waals surface area contributed by atoms with Crippen LogP contribution in [0.3, 0.4) is 0 Å². The van der Waals surface area contributed by atoms with E-state index in [4.69, 9.17) is 5.26 Å². The monoisotopic (exact) mass is 269 g/mol. The molecule has 1 aromatic rings. The molecule has 1 aromatic carbocycles. The zero-order valence-corrected chi connectivity index (χ0v) is 12.9. The molecular formula is C18H23NO. The summed E-state index contributed by atoms with van der Waals surface area (Å²) in [5.41, 5.74) is 3.58. The molecule has 0 heterocycles. The van der Waals surface area contributed by atoms with Gasteiger partial charge in [0, 0.05) is 5.92 Å². The number of allylic oxidation sites excluding steroid dienone is 1. The first-order valence-corrected chi connectivity index (χ1v) is 7.25. The topological polar surface area (TPSA) is 40.9 Å². The molecule has 0 atom stereocenters. The number of carbonyl (C=O) groups is 1. The summed E-state index contributed by atoms with van der Waals surface area (Å²) in [5, 5.41) is 8.99. The van der Waals surface area contributed by atoms with Crippen molar-refractivity contribution in [3.8, 4) is 6.07 Å². The first kappa shape index (κ1) is 16.2. The fraction of sp³-hybridized carbons (Fsp3) is 0.444. The molecule has 0 bridgehead atoms. The molecule has 2 heteroatoms. The van der Waals surface area contributed by atoms with Crippen LogP contribution in [0, 0.1) is 24.2 Å². The molecule has 0 aliphatic heterocycles. The van der Waals surface area contributed by atoms with E-state index in [1.54, 1.807) is 0 Å². The predicted molar refractivity (Wildman–Crippen MR) is 83.2 cm³/mol. The molecule has 2 nitrogen and oxygen atoms in total. The first-order valence-electron chi connectivity index (χ1n) is 7.25. The van der Waals surface area contributed by atoms with E-state index in [0.717, 1.165) is 36.0 Å². The third kappa shape index (κ3) is 4.35. The third-order valence-corrected chi connectivity index (χ3v) is 3.38. The van der Waals surface area contributed by atoms with E-state index in [1.807, 2.05) is 45.0 Å².